The van der Waals surface area contributed by atoms with E-state index in [-0.39, 0.29) is 12.4 Å². The molecule has 0 aliphatic carbocycles. The molecule has 0 fully saturated rings. The van der Waals surface area contributed by atoms with E-state index in [4.69, 9.17) is 19.1 Å². The third-order valence-corrected chi connectivity index (χ3v) is 2.77. The summed E-state index contributed by atoms with van der Waals surface area (Å²) >= 11 is 0. The minimum atomic E-state index is -3.83. The molecule has 0 aliphatic rings. The van der Waals surface area contributed by atoms with Crippen molar-refractivity contribution < 1.29 is 27.6 Å². The summed E-state index contributed by atoms with van der Waals surface area (Å²) in [6, 6.07) is 0. The van der Waals surface area contributed by atoms with Gasteiger partial charge < -0.3 is 14.6 Å². The first-order valence-electron chi connectivity index (χ1n) is 5.78. The van der Waals surface area contributed by atoms with Crippen molar-refractivity contribution in [2.45, 2.75) is 25.7 Å². The summed E-state index contributed by atoms with van der Waals surface area (Å²) in [5.41, 5.74) is 0. The van der Waals surface area contributed by atoms with Crippen LogP contribution in [-0.2, 0) is 19.6 Å². The van der Waals surface area contributed by atoms with Crippen molar-refractivity contribution in [3.05, 3.63) is 0 Å². The van der Waals surface area contributed by atoms with Gasteiger partial charge in [0.2, 0.25) is 0 Å². The molecule has 17 heavy (non-hydrogen) atoms. The zero-order chi connectivity index (χ0) is 13.0. The van der Waals surface area contributed by atoms with Crippen LogP contribution in [0.5, 0.6) is 0 Å². The third-order valence-electron chi connectivity index (χ3n) is 1.97. The second kappa shape index (κ2) is 10.9. The lowest BCUT2D eigenvalue weighted by Gasteiger charge is -2.04. The average molecular weight is 270 g/mol. The van der Waals surface area contributed by atoms with Crippen LogP contribution < -0.4 is 0 Å². The van der Waals surface area contributed by atoms with Crippen LogP contribution >= 0.6 is 0 Å². The summed E-state index contributed by atoms with van der Waals surface area (Å²) in [6.45, 7) is 2.37. The molecule has 0 rings (SSSR count). The second-order valence-corrected chi connectivity index (χ2v) is 5.22. The molecule has 104 valence electrons. The highest BCUT2D eigenvalue weighted by atomic mass is 32.2. The largest absolute Gasteiger partial charge is 0.396 e. The monoisotopic (exact) mass is 270 g/mol. The van der Waals surface area contributed by atoms with Crippen LogP contribution in [0.1, 0.15) is 25.7 Å². The Morgan fingerprint density at radius 2 is 1.35 bits per heavy atom. The maximum absolute atomic E-state index is 10.4. The summed E-state index contributed by atoms with van der Waals surface area (Å²) < 4.78 is 39.6. The first-order valence-corrected chi connectivity index (χ1v) is 7.38. The molecule has 0 atom stereocenters. The van der Waals surface area contributed by atoms with Gasteiger partial charge in [-0.3, -0.25) is 4.55 Å². The number of hydrogen-bond acceptors (Lipinski definition) is 5. The SMILES string of the molecule is O=S(=O)(O)CCCCOCCCOCCCO. The highest BCUT2D eigenvalue weighted by molar-refractivity contribution is 7.85. The molecule has 0 unspecified atom stereocenters. The van der Waals surface area contributed by atoms with E-state index in [2.05, 4.69) is 0 Å². The minimum Gasteiger partial charge on any atom is -0.396 e. The molecule has 0 heterocycles. The number of ether oxygens (including phenoxy) is 2. The Morgan fingerprint density at radius 3 is 1.88 bits per heavy atom. The zero-order valence-corrected chi connectivity index (χ0v) is 10.8. The third kappa shape index (κ3) is 15.8. The van der Waals surface area contributed by atoms with Gasteiger partial charge in [-0.15, -0.1) is 0 Å². The summed E-state index contributed by atoms with van der Waals surface area (Å²) in [7, 11) is -3.83. The summed E-state index contributed by atoms with van der Waals surface area (Å²) in [4.78, 5) is 0. The molecule has 0 saturated carbocycles. The molecule has 0 aromatic carbocycles. The van der Waals surface area contributed by atoms with E-state index >= 15 is 0 Å². The number of rotatable bonds is 12. The molecule has 0 aliphatic heterocycles. The fraction of sp³-hybridized carbons (Fsp3) is 1.00. The molecule has 6 nitrogen and oxygen atoms in total. The van der Waals surface area contributed by atoms with E-state index in [1.54, 1.807) is 0 Å². The van der Waals surface area contributed by atoms with E-state index in [1.165, 1.54) is 0 Å². The van der Waals surface area contributed by atoms with Gasteiger partial charge in [-0.2, -0.15) is 8.42 Å². The van der Waals surface area contributed by atoms with Crippen molar-refractivity contribution in [2.75, 3.05) is 38.8 Å². The molecule has 0 bridgehead atoms. The Kier molecular flexibility index (Phi) is 10.8. The van der Waals surface area contributed by atoms with Gasteiger partial charge in [-0.25, -0.2) is 0 Å². The number of unbranched alkanes of at least 4 members (excludes halogenated alkanes) is 1. The van der Waals surface area contributed by atoms with E-state index in [9.17, 15) is 8.42 Å². The lowest BCUT2D eigenvalue weighted by molar-refractivity contribution is 0.0753. The van der Waals surface area contributed by atoms with Crippen LogP contribution in [-0.4, -0.2) is 56.9 Å². The standard InChI is InChI=1S/C10H22O6S/c11-5-3-7-16-9-4-8-15-6-1-2-10-17(12,13)14/h11H,1-10H2,(H,12,13,14). The lowest BCUT2D eigenvalue weighted by atomic mass is 10.3. The topological polar surface area (TPSA) is 93.1 Å². The highest BCUT2D eigenvalue weighted by Gasteiger charge is 2.02. The van der Waals surface area contributed by atoms with Gasteiger partial charge in [-0.1, -0.05) is 0 Å². The van der Waals surface area contributed by atoms with Gasteiger partial charge in [0.15, 0.2) is 0 Å². The van der Waals surface area contributed by atoms with Gasteiger partial charge in [0, 0.05) is 33.0 Å². The Balaban J connectivity index is 3.04. The van der Waals surface area contributed by atoms with Crippen molar-refractivity contribution in [3.8, 4) is 0 Å². The van der Waals surface area contributed by atoms with Crippen LogP contribution in [0.2, 0.25) is 0 Å². The van der Waals surface area contributed by atoms with Crippen molar-refractivity contribution in [1.29, 1.82) is 0 Å². The molecule has 7 heteroatoms. The number of hydrogen-bond donors (Lipinski definition) is 2. The predicted octanol–water partition coefficient (Wildman–Crippen LogP) is 0.460. The molecule has 2 N–H and O–H groups in total. The minimum absolute atomic E-state index is 0.143. The van der Waals surface area contributed by atoms with Gasteiger partial charge >= 0.3 is 0 Å². The maximum atomic E-state index is 10.4. The molecule has 0 spiro atoms. The second-order valence-electron chi connectivity index (χ2n) is 3.65. The van der Waals surface area contributed by atoms with Crippen LogP contribution in [0.15, 0.2) is 0 Å². The molecule has 0 aromatic heterocycles. The summed E-state index contributed by atoms with van der Waals surface area (Å²) in [5, 5.41) is 8.48. The first kappa shape index (κ1) is 16.8. The molecule has 0 aromatic rings. The van der Waals surface area contributed by atoms with Crippen molar-refractivity contribution in [3.63, 3.8) is 0 Å². The lowest BCUT2D eigenvalue weighted by Crippen LogP contribution is -2.06. The quantitative estimate of drug-likeness (QED) is 0.395. The normalized spacial score (nSPS) is 11.9. The Morgan fingerprint density at radius 1 is 0.824 bits per heavy atom. The summed E-state index contributed by atoms with van der Waals surface area (Å²) in [5.74, 6) is -0.208. The highest BCUT2D eigenvalue weighted by Crippen LogP contribution is 1.95. The first-order chi connectivity index (χ1) is 8.06. The Bertz CT molecular complexity index is 252. The number of aliphatic hydroxyl groups excluding tert-OH is 1. The molecular formula is C10H22O6S. The Labute approximate surface area is 103 Å². The van der Waals surface area contributed by atoms with Gasteiger partial charge in [0.05, 0.1) is 5.75 Å². The summed E-state index contributed by atoms with van der Waals surface area (Å²) in [6.07, 6.45) is 2.46. The van der Waals surface area contributed by atoms with E-state index in [1.807, 2.05) is 0 Å². The molecule has 0 radical (unpaired) electrons. The van der Waals surface area contributed by atoms with Gasteiger partial charge in [0.25, 0.3) is 10.1 Å². The zero-order valence-electron chi connectivity index (χ0n) is 10.0. The van der Waals surface area contributed by atoms with E-state index in [0.29, 0.717) is 45.7 Å². The Hall–Kier alpha value is -0.210. The fourth-order valence-corrected chi connectivity index (χ4v) is 1.69. The van der Waals surface area contributed by atoms with E-state index < -0.39 is 10.1 Å². The smallest absolute Gasteiger partial charge is 0.264 e. The van der Waals surface area contributed by atoms with Crippen molar-refractivity contribution in [1.82, 2.24) is 0 Å². The maximum Gasteiger partial charge on any atom is 0.264 e. The number of aliphatic hydroxyl groups is 1. The van der Waals surface area contributed by atoms with Gasteiger partial charge in [0.1, 0.15) is 0 Å². The fourth-order valence-electron chi connectivity index (χ4n) is 1.12. The molecule has 0 saturated heterocycles. The van der Waals surface area contributed by atoms with Gasteiger partial charge in [-0.05, 0) is 25.7 Å². The molecular weight excluding hydrogens is 248 g/mol. The van der Waals surface area contributed by atoms with Crippen LogP contribution in [0, 0.1) is 0 Å². The van der Waals surface area contributed by atoms with Crippen LogP contribution in [0.3, 0.4) is 0 Å². The van der Waals surface area contributed by atoms with Crippen LogP contribution in [0.4, 0.5) is 0 Å². The van der Waals surface area contributed by atoms with Crippen LogP contribution in [0.25, 0.3) is 0 Å². The molecule has 0 amide bonds. The average Bonchev–Trinajstić information content (AvgIpc) is 2.24. The predicted molar refractivity (Wildman–Crippen MR) is 63.6 cm³/mol. The van der Waals surface area contributed by atoms with Crippen molar-refractivity contribution in [2.24, 2.45) is 0 Å². The van der Waals surface area contributed by atoms with E-state index in [0.717, 1.165) is 6.42 Å². The van der Waals surface area contributed by atoms with Crippen molar-refractivity contribution >= 4 is 10.1 Å².